The first-order valence-electron chi connectivity index (χ1n) is 11.7. The van der Waals surface area contributed by atoms with Gasteiger partial charge in [0.1, 0.15) is 11.4 Å². The number of pyridine rings is 1. The van der Waals surface area contributed by atoms with Crippen molar-refractivity contribution in [3.63, 3.8) is 0 Å². The van der Waals surface area contributed by atoms with Crippen LogP contribution in [0.5, 0.6) is 11.5 Å². The Kier molecular flexibility index (Phi) is 5.99. The molecule has 1 unspecified atom stereocenters. The number of benzene rings is 2. The number of amides is 1. The number of nitrogens with zero attached hydrogens (tertiary/aromatic N) is 2. The lowest BCUT2D eigenvalue weighted by Gasteiger charge is -2.25. The molecule has 3 heterocycles. The number of anilines is 1. The van der Waals surface area contributed by atoms with Gasteiger partial charge in [-0.25, -0.2) is 4.98 Å². The van der Waals surface area contributed by atoms with E-state index in [9.17, 15) is 9.59 Å². The first kappa shape index (κ1) is 22.7. The Bertz CT molecular complexity index is 1480. The average Bonchev–Trinajstić information content (AvgIpc) is 3.17. The molecule has 35 heavy (non-hydrogen) atoms. The Morgan fingerprint density at radius 1 is 1.06 bits per heavy atom. The summed E-state index contributed by atoms with van der Waals surface area (Å²) in [7, 11) is 1.57. The van der Waals surface area contributed by atoms with Crippen LogP contribution in [0.15, 0.2) is 70.0 Å². The summed E-state index contributed by atoms with van der Waals surface area (Å²) in [5.41, 5.74) is 2.07. The molecule has 0 spiro atoms. The van der Waals surface area contributed by atoms with Crippen LogP contribution in [0.4, 0.5) is 5.82 Å². The Balaban J connectivity index is 1.71. The summed E-state index contributed by atoms with van der Waals surface area (Å²) in [6, 6.07) is 15.4. The van der Waals surface area contributed by atoms with Gasteiger partial charge in [-0.15, -0.1) is 0 Å². The second kappa shape index (κ2) is 9.25. The van der Waals surface area contributed by atoms with Crippen LogP contribution >= 0.6 is 0 Å². The summed E-state index contributed by atoms with van der Waals surface area (Å²) < 4.78 is 17.5. The van der Waals surface area contributed by atoms with Crippen molar-refractivity contribution in [2.75, 3.05) is 18.6 Å². The number of unbranched alkanes of at least 4 members (excludes halogenated alkanes) is 1. The van der Waals surface area contributed by atoms with E-state index in [-0.39, 0.29) is 11.2 Å². The van der Waals surface area contributed by atoms with Gasteiger partial charge in [-0.2, -0.15) is 0 Å². The monoisotopic (exact) mass is 470 g/mol. The normalized spacial score (nSPS) is 14.9. The molecule has 1 atom stereocenters. The number of rotatable bonds is 7. The van der Waals surface area contributed by atoms with Crippen molar-refractivity contribution >= 4 is 22.7 Å². The van der Waals surface area contributed by atoms with E-state index in [2.05, 4.69) is 11.9 Å². The third-order valence-electron chi connectivity index (χ3n) is 6.18. The fourth-order valence-electron chi connectivity index (χ4n) is 4.42. The van der Waals surface area contributed by atoms with Gasteiger partial charge >= 0.3 is 0 Å². The predicted molar refractivity (Wildman–Crippen MR) is 134 cm³/mol. The SMILES string of the molecule is CCCCOc1ccc(C2c3c(oc4ccccc4c3=O)C(=O)N2c2cc(C)ccn2)cc1OC. The molecule has 178 valence electrons. The van der Waals surface area contributed by atoms with E-state index in [4.69, 9.17) is 13.9 Å². The minimum atomic E-state index is -0.730. The molecule has 0 bridgehead atoms. The Morgan fingerprint density at radius 3 is 2.66 bits per heavy atom. The van der Waals surface area contributed by atoms with E-state index in [0.717, 1.165) is 18.4 Å². The molecular weight excluding hydrogens is 444 g/mol. The summed E-state index contributed by atoms with van der Waals surface area (Å²) >= 11 is 0. The predicted octanol–water partition coefficient (Wildman–Crippen LogP) is 5.43. The van der Waals surface area contributed by atoms with E-state index >= 15 is 0 Å². The molecule has 0 saturated heterocycles. The van der Waals surface area contributed by atoms with Crippen LogP contribution in [0.3, 0.4) is 0 Å². The quantitative estimate of drug-likeness (QED) is 0.335. The maximum atomic E-state index is 13.7. The molecular formula is C28H26N2O5. The lowest BCUT2D eigenvalue weighted by molar-refractivity contribution is 0.0970. The Hall–Kier alpha value is -4.13. The molecule has 1 aliphatic rings. The molecule has 5 rings (SSSR count). The largest absolute Gasteiger partial charge is 0.493 e. The topological polar surface area (TPSA) is 81.9 Å². The van der Waals surface area contributed by atoms with Crippen molar-refractivity contribution in [1.82, 2.24) is 4.98 Å². The second-order valence-electron chi connectivity index (χ2n) is 8.55. The van der Waals surface area contributed by atoms with E-state index in [1.165, 1.54) is 4.90 Å². The summed E-state index contributed by atoms with van der Waals surface area (Å²) in [4.78, 5) is 33.3. The zero-order valence-electron chi connectivity index (χ0n) is 19.9. The summed E-state index contributed by atoms with van der Waals surface area (Å²) in [6.45, 7) is 4.60. The van der Waals surface area contributed by atoms with Gasteiger partial charge in [-0.3, -0.25) is 14.5 Å². The molecule has 2 aromatic carbocycles. The molecule has 1 amide bonds. The molecule has 0 N–H and O–H groups in total. The van der Waals surface area contributed by atoms with Crippen molar-refractivity contribution in [2.45, 2.75) is 32.7 Å². The Labute approximate surface area is 202 Å². The molecule has 0 saturated carbocycles. The Morgan fingerprint density at radius 2 is 1.89 bits per heavy atom. The number of aromatic nitrogens is 1. The van der Waals surface area contributed by atoms with Crippen LogP contribution in [0.1, 0.15) is 53.1 Å². The summed E-state index contributed by atoms with van der Waals surface area (Å²) in [5.74, 6) is 1.20. The van der Waals surface area contributed by atoms with Crippen LogP contribution in [-0.4, -0.2) is 24.6 Å². The van der Waals surface area contributed by atoms with E-state index in [0.29, 0.717) is 46.0 Å². The van der Waals surface area contributed by atoms with Crippen LogP contribution in [0.2, 0.25) is 0 Å². The van der Waals surface area contributed by atoms with E-state index < -0.39 is 11.9 Å². The molecule has 0 aliphatic carbocycles. The average molecular weight is 471 g/mol. The molecule has 7 nitrogen and oxygen atoms in total. The van der Waals surface area contributed by atoms with E-state index in [1.807, 2.05) is 37.3 Å². The lowest BCUT2D eigenvalue weighted by atomic mass is 9.98. The van der Waals surface area contributed by atoms with Crippen molar-refractivity contribution in [2.24, 2.45) is 0 Å². The third kappa shape index (κ3) is 3.93. The smallest absolute Gasteiger partial charge is 0.296 e. The molecule has 4 aromatic rings. The molecule has 7 heteroatoms. The first-order valence-corrected chi connectivity index (χ1v) is 11.7. The van der Waals surface area contributed by atoms with Crippen molar-refractivity contribution in [1.29, 1.82) is 0 Å². The number of carbonyl (C=O) groups excluding carboxylic acids is 1. The van der Waals surface area contributed by atoms with Gasteiger partial charge in [0.2, 0.25) is 5.76 Å². The highest BCUT2D eigenvalue weighted by molar-refractivity contribution is 6.10. The maximum absolute atomic E-state index is 13.7. The highest BCUT2D eigenvalue weighted by atomic mass is 16.5. The van der Waals surface area contributed by atoms with Crippen LogP contribution in [0.25, 0.3) is 11.0 Å². The number of para-hydroxylation sites is 1. The van der Waals surface area contributed by atoms with Crippen LogP contribution in [0, 0.1) is 6.92 Å². The van der Waals surface area contributed by atoms with Gasteiger partial charge in [0.25, 0.3) is 5.91 Å². The van der Waals surface area contributed by atoms with Gasteiger partial charge in [0, 0.05) is 6.20 Å². The third-order valence-corrected chi connectivity index (χ3v) is 6.18. The number of hydrogen-bond acceptors (Lipinski definition) is 6. The minimum absolute atomic E-state index is 0.0317. The standard InChI is InChI=1S/C28H26N2O5/c1-4-5-14-34-21-11-10-18(16-22(21)33-3)25-24-26(31)19-8-6-7-9-20(19)35-27(24)28(32)30(25)23-15-17(2)12-13-29-23/h6-13,15-16,25H,4-5,14H2,1-3H3. The highest BCUT2D eigenvalue weighted by Crippen LogP contribution is 2.42. The van der Waals surface area contributed by atoms with Crippen LogP contribution < -0.4 is 19.8 Å². The molecule has 1 aliphatic heterocycles. The van der Waals surface area contributed by atoms with Gasteiger partial charge in [-0.1, -0.05) is 31.5 Å². The summed E-state index contributed by atoms with van der Waals surface area (Å²) in [6.07, 6.45) is 3.59. The molecule has 2 aromatic heterocycles. The van der Waals surface area contributed by atoms with Gasteiger partial charge < -0.3 is 13.9 Å². The number of methoxy groups -OCH3 is 1. The van der Waals surface area contributed by atoms with Gasteiger partial charge in [-0.05, 0) is 60.9 Å². The first-order chi connectivity index (χ1) is 17.0. The fraction of sp³-hybridized carbons (Fsp3) is 0.250. The number of aryl methyl sites for hydroxylation is 1. The van der Waals surface area contributed by atoms with Crippen molar-refractivity contribution < 1.29 is 18.7 Å². The number of hydrogen-bond donors (Lipinski definition) is 0. The maximum Gasteiger partial charge on any atom is 0.296 e. The molecule has 0 radical (unpaired) electrons. The van der Waals surface area contributed by atoms with Crippen molar-refractivity contribution in [3.05, 3.63) is 93.5 Å². The molecule has 0 fully saturated rings. The summed E-state index contributed by atoms with van der Waals surface area (Å²) in [5, 5.41) is 0.426. The minimum Gasteiger partial charge on any atom is -0.493 e. The van der Waals surface area contributed by atoms with Crippen molar-refractivity contribution in [3.8, 4) is 11.5 Å². The number of ether oxygens (including phenoxy) is 2. The van der Waals surface area contributed by atoms with Gasteiger partial charge in [0.15, 0.2) is 16.9 Å². The van der Waals surface area contributed by atoms with Crippen LogP contribution in [-0.2, 0) is 0 Å². The number of fused-ring (bicyclic) bond motifs is 2. The second-order valence-corrected chi connectivity index (χ2v) is 8.55. The lowest BCUT2D eigenvalue weighted by Crippen LogP contribution is -2.30. The van der Waals surface area contributed by atoms with Gasteiger partial charge in [0.05, 0.1) is 30.7 Å². The zero-order chi connectivity index (χ0) is 24.5. The fourth-order valence-corrected chi connectivity index (χ4v) is 4.42. The highest BCUT2D eigenvalue weighted by Gasteiger charge is 2.44. The zero-order valence-corrected chi connectivity index (χ0v) is 19.9. The number of carbonyl (C=O) groups is 1. The van der Waals surface area contributed by atoms with E-state index in [1.54, 1.807) is 37.6 Å².